The van der Waals surface area contributed by atoms with E-state index in [0.29, 0.717) is 12.3 Å². The minimum Gasteiger partial charge on any atom is -0.480 e. The fourth-order valence-corrected chi connectivity index (χ4v) is 2.76. The summed E-state index contributed by atoms with van der Waals surface area (Å²) in [6.07, 6.45) is 2.52. The molecule has 1 aliphatic heterocycles. The lowest BCUT2D eigenvalue weighted by atomic mass is 10.2. The van der Waals surface area contributed by atoms with Gasteiger partial charge >= 0.3 is 5.97 Å². The molecule has 0 radical (unpaired) electrons. The van der Waals surface area contributed by atoms with Crippen molar-refractivity contribution in [3.8, 4) is 0 Å². The maximum atomic E-state index is 12.1. The van der Waals surface area contributed by atoms with E-state index in [2.05, 4.69) is 9.97 Å². The van der Waals surface area contributed by atoms with Gasteiger partial charge in [0.05, 0.1) is 12.4 Å². The molecule has 1 aromatic heterocycles. The van der Waals surface area contributed by atoms with Gasteiger partial charge < -0.3 is 10.0 Å². The molecule has 0 aromatic carbocycles. The van der Waals surface area contributed by atoms with Crippen LogP contribution in [0.3, 0.4) is 0 Å². The molecule has 2 heterocycles. The fourth-order valence-electron chi connectivity index (χ4n) is 1.62. The lowest BCUT2D eigenvalue weighted by molar-refractivity contribution is -0.141. The quantitative estimate of drug-likeness (QED) is 0.865. The Labute approximate surface area is 112 Å². The van der Waals surface area contributed by atoms with Crippen molar-refractivity contribution in [3.63, 3.8) is 0 Å². The molecule has 0 spiro atoms. The van der Waals surface area contributed by atoms with E-state index in [1.165, 1.54) is 29.1 Å². The predicted molar refractivity (Wildman–Crippen MR) is 66.8 cm³/mol. The highest BCUT2D eigenvalue weighted by Crippen LogP contribution is 2.18. The number of nitrogens with zero attached hydrogens (tertiary/aromatic N) is 3. The van der Waals surface area contributed by atoms with Crippen LogP contribution in [0.5, 0.6) is 0 Å². The van der Waals surface area contributed by atoms with Crippen molar-refractivity contribution in [3.05, 3.63) is 23.2 Å². The van der Waals surface area contributed by atoms with Crippen LogP contribution in [0.4, 0.5) is 0 Å². The third-order valence-corrected chi connectivity index (χ3v) is 3.73. The van der Waals surface area contributed by atoms with Gasteiger partial charge in [0.1, 0.15) is 16.9 Å². The number of amides is 1. The highest BCUT2D eigenvalue weighted by Gasteiger charge is 2.33. The summed E-state index contributed by atoms with van der Waals surface area (Å²) < 4.78 is 0. The summed E-state index contributed by atoms with van der Waals surface area (Å²) >= 11 is 7.10. The largest absolute Gasteiger partial charge is 0.480 e. The van der Waals surface area contributed by atoms with Crippen LogP contribution in [0.25, 0.3) is 0 Å². The van der Waals surface area contributed by atoms with Crippen LogP contribution in [0, 0.1) is 0 Å². The van der Waals surface area contributed by atoms with Crippen LogP contribution in [0.15, 0.2) is 12.4 Å². The normalized spacial score (nSPS) is 19.6. The molecule has 96 valence electrons. The SMILES string of the molecule is O=C(O)C1CSCCN1C(=O)c1cnc(Cl)cn1. The smallest absolute Gasteiger partial charge is 0.327 e. The van der Waals surface area contributed by atoms with Gasteiger partial charge in [-0.3, -0.25) is 4.79 Å². The molecule has 8 heteroatoms. The molecule has 1 fully saturated rings. The zero-order valence-corrected chi connectivity index (χ0v) is 10.8. The molecule has 1 atom stereocenters. The number of carbonyl (C=O) groups is 2. The summed E-state index contributed by atoms with van der Waals surface area (Å²) in [5.41, 5.74) is 0.109. The molecule has 1 aliphatic rings. The maximum Gasteiger partial charge on any atom is 0.327 e. The number of aromatic nitrogens is 2. The Bertz CT molecular complexity index is 468. The maximum absolute atomic E-state index is 12.1. The van der Waals surface area contributed by atoms with Crippen LogP contribution in [-0.2, 0) is 4.79 Å². The van der Waals surface area contributed by atoms with E-state index in [1.807, 2.05) is 0 Å². The summed E-state index contributed by atoms with van der Waals surface area (Å²) in [4.78, 5) is 32.2. The Morgan fingerprint density at radius 2 is 2.22 bits per heavy atom. The lowest BCUT2D eigenvalue weighted by Gasteiger charge is -2.32. The summed E-state index contributed by atoms with van der Waals surface area (Å²) in [7, 11) is 0. The van der Waals surface area contributed by atoms with E-state index in [9.17, 15) is 9.59 Å². The minimum atomic E-state index is -1.00. The molecule has 1 saturated heterocycles. The average Bonchev–Trinajstić information content (AvgIpc) is 2.39. The molecule has 1 unspecified atom stereocenters. The molecule has 1 aromatic rings. The Balaban J connectivity index is 2.20. The van der Waals surface area contributed by atoms with E-state index in [1.54, 1.807) is 0 Å². The van der Waals surface area contributed by atoms with Gasteiger partial charge in [0.25, 0.3) is 5.91 Å². The number of hydrogen-bond acceptors (Lipinski definition) is 5. The monoisotopic (exact) mass is 287 g/mol. The second-order valence-electron chi connectivity index (χ2n) is 3.65. The molecule has 2 rings (SSSR count). The second-order valence-corrected chi connectivity index (χ2v) is 5.19. The first kappa shape index (κ1) is 13.1. The van der Waals surface area contributed by atoms with Gasteiger partial charge in [0.15, 0.2) is 0 Å². The number of halogens is 1. The third-order valence-electron chi connectivity index (χ3n) is 2.51. The van der Waals surface area contributed by atoms with E-state index < -0.39 is 17.9 Å². The highest BCUT2D eigenvalue weighted by atomic mass is 35.5. The number of carbonyl (C=O) groups excluding carboxylic acids is 1. The van der Waals surface area contributed by atoms with Gasteiger partial charge in [-0.2, -0.15) is 11.8 Å². The van der Waals surface area contributed by atoms with Crippen LogP contribution in [-0.4, -0.2) is 55.9 Å². The number of rotatable bonds is 2. The van der Waals surface area contributed by atoms with E-state index >= 15 is 0 Å². The van der Waals surface area contributed by atoms with Crippen molar-refractivity contribution < 1.29 is 14.7 Å². The molecule has 0 bridgehead atoms. The first-order valence-corrected chi connectivity index (χ1v) is 6.72. The molecular formula is C10H10ClN3O3S. The van der Waals surface area contributed by atoms with Crippen molar-refractivity contribution in [1.82, 2.24) is 14.9 Å². The summed E-state index contributed by atoms with van der Waals surface area (Å²) in [5.74, 6) is -0.317. The fraction of sp³-hybridized carbons (Fsp3) is 0.400. The Morgan fingerprint density at radius 1 is 1.44 bits per heavy atom. The molecule has 18 heavy (non-hydrogen) atoms. The molecular weight excluding hydrogens is 278 g/mol. The molecule has 1 N–H and O–H groups in total. The third kappa shape index (κ3) is 2.73. The van der Waals surface area contributed by atoms with Gasteiger partial charge in [0, 0.05) is 18.1 Å². The van der Waals surface area contributed by atoms with Gasteiger partial charge in [0.2, 0.25) is 0 Å². The lowest BCUT2D eigenvalue weighted by Crippen LogP contribution is -2.50. The molecule has 1 amide bonds. The standard InChI is InChI=1S/C10H10ClN3O3S/c11-8-4-12-6(3-13-8)9(15)14-1-2-18-5-7(14)10(16)17/h3-4,7H,1-2,5H2,(H,16,17). The van der Waals surface area contributed by atoms with Crippen LogP contribution < -0.4 is 0 Å². The zero-order chi connectivity index (χ0) is 13.1. The van der Waals surface area contributed by atoms with Crippen LogP contribution >= 0.6 is 23.4 Å². The number of aliphatic carboxylic acids is 1. The van der Waals surface area contributed by atoms with Crippen molar-refractivity contribution in [2.24, 2.45) is 0 Å². The van der Waals surface area contributed by atoms with E-state index in [0.717, 1.165) is 5.75 Å². The number of hydrogen-bond donors (Lipinski definition) is 1. The van der Waals surface area contributed by atoms with Gasteiger partial charge in [-0.15, -0.1) is 0 Å². The van der Waals surface area contributed by atoms with E-state index in [4.69, 9.17) is 16.7 Å². The van der Waals surface area contributed by atoms with Crippen LogP contribution in [0.2, 0.25) is 5.15 Å². The van der Waals surface area contributed by atoms with Crippen LogP contribution in [0.1, 0.15) is 10.5 Å². The minimum absolute atomic E-state index is 0.109. The van der Waals surface area contributed by atoms with Crippen molar-refractivity contribution >= 4 is 35.2 Å². The predicted octanol–water partition coefficient (Wildman–Crippen LogP) is 0.772. The number of carboxylic acid groups (broad SMARTS) is 1. The molecule has 0 aliphatic carbocycles. The average molecular weight is 288 g/mol. The Hall–Kier alpha value is -1.34. The van der Waals surface area contributed by atoms with Crippen molar-refractivity contribution in [1.29, 1.82) is 0 Å². The zero-order valence-electron chi connectivity index (χ0n) is 9.24. The second kappa shape index (κ2) is 5.53. The first-order valence-electron chi connectivity index (χ1n) is 5.18. The number of carboxylic acids is 1. The summed E-state index contributed by atoms with van der Waals surface area (Å²) in [5, 5.41) is 9.27. The highest BCUT2D eigenvalue weighted by molar-refractivity contribution is 7.99. The van der Waals surface area contributed by atoms with Gasteiger partial charge in [-0.25, -0.2) is 14.8 Å². The van der Waals surface area contributed by atoms with E-state index in [-0.39, 0.29) is 10.8 Å². The van der Waals surface area contributed by atoms with Crippen molar-refractivity contribution in [2.75, 3.05) is 18.1 Å². The summed E-state index contributed by atoms with van der Waals surface area (Å²) in [6.45, 7) is 0.394. The number of thioether (sulfide) groups is 1. The first-order chi connectivity index (χ1) is 8.59. The van der Waals surface area contributed by atoms with Gasteiger partial charge in [-0.1, -0.05) is 11.6 Å². The van der Waals surface area contributed by atoms with Gasteiger partial charge in [-0.05, 0) is 0 Å². The van der Waals surface area contributed by atoms with Crippen molar-refractivity contribution in [2.45, 2.75) is 6.04 Å². The topological polar surface area (TPSA) is 83.4 Å². The molecule has 6 nitrogen and oxygen atoms in total. The molecule has 0 saturated carbocycles. The Kier molecular flexibility index (Phi) is 4.03. The Morgan fingerprint density at radius 3 is 2.83 bits per heavy atom. The summed E-state index contributed by atoms with van der Waals surface area (Å²) in [6, 6.07) is -0.811.